The summed E-state index contributed by atoms with van der Waals surface area (Å²) in [5.41, 5.74) is 1.06. The van der Waals surface area contributed by atoms with Gasteiger partial charge in [0.05, 0.1) is 10.2 Å². The fraction of sp³-hybridized carbons (Fsp3) is 0.0667. The standard InChI is InChI=1S/C15H10F2N2O2S/c16-10-3-1-8(5-11(10)17)7-18-14(21)15-19-12-4-2-9(20)6-13(12)22-15/h1-6,20H,7H2,(H,18,21). The van der Waals surface area contributed by atoms with Crippen molar-refractivity contribution in [3.8, 4) is 5.75 Å². The molecule has 4 nitrogen and oxygen atoms in total. The number of amides is 1. The molecule has 0 radical (unpaired) electrons. The molecule has 0 aliphatic rings. The molecule has 7 heteroatoms. The topological polar surface area (TPSA) is 62.2 Å². The first-order valence-corrected chi connectivity index (χ1v) is 7.16. The number of hydrogen-bond donors (Lipinski definition) is 2. The van der Waals surface area contributed by atoms with Crippen molar-refractivity contribution in [2.24, 2.45) is 0 Å². The number of hydrogen-bond acceptors (Lipinski definition) is 4. The summed E-state index contributed by atoms with van der Waals surface area (Å²) < 4.78 is 26.6. The third kappa shape index (κ3) is 2.89. The fourth-order valence-corrected chi connectivity index (χ4v) is 2.83. The van der Waals surface area contributed by atoms with Gasteiger partial charge in [-0.15, -0.1) is 11.3 Å². The summed E-state index contributed by atoms with van der Waals surface area (Å²) in [6, 6.07) is 8.08. The molecule has 112 valence electrons. The van der Waals surface area contributed by atoms with E-state index in [1.54, 1.807) is 6.07 Å². The van der Waals surface area contributed by atoms with E-state index in [-0.39, 0.29) is 17.3 Å². The average Bonchev–Trinajstić information content (AvgIpc) is 2.91. The van der Waals surface area contributed by atoms with E-state index in [2.05, 4.69) is 10.3 Å². The normalized spacial score (nSPS) is 10.8. The van der Waals surface area contributed by atoms with Crippen LogP contribution in [0.2, 0.25) is 0 Å². The van der Waals surface area contributed by atoms with E-state index in [9.17, 15) is 18.7 Å². The Kier molecular flexibility index (Phi) is 3.72. The zero-order valence-electron chi connectivity index (χ0n) is 11.1. The van der Waals surface area contributed by atoms with Crippen molar-refractivity contribution >= 4 is 27.5 Å². The van der Waals surface area contributed by atoms with Gasteiger partial charge in [0.1, 0.15) is 5.75 Å². The van der Waals surface area contributed by atoms with Crippen molar-refractivity contribution in [3.05, 3.63) is 58.6 Å². The van der Waals surface area contributed by atoms with Crippen molar-refractivity contribution in [2.75, 3.05) is 0 Å². The molecule has 1 amide bonds. The van der Waals surface area contributed by atoms with Gasteiger partial charge in [0.2, 0.25) is 0 Å². The molecular weight excluding hydrogens is 310 g/mol. The van der Waals surface area contributed by atoms with E-state index in [4.69, 9.17) is 0 Å². The Morgan fingerprint density at radius 3 is 2.77 bits per heavy atom. The summed E-state index contributed by atoms with van der Waals surface area (Å²) in [7, 11) is 0. The molecule has 1 heterocycles. The van der Waals surface area contributed by atoms with Gasteiger partial charge in [-0.2, -0.15) is 0 Å². The number of aromatic nitrogens is 1. The Balaban J connectivity index is 1.74. The molecule has 0 aliphatic heterocycles. The van der Waals surface area contributed by atoms with Gasteiger partial charge in [-0.1, -0.05) is 6.07 Å². The van der Waals surface area contributed by atoms with E-state index in [0.29, 0.717) is 15.8 Å². The minimum atomic E-state index is -0.956. The van der Waals surface area contributed by atoms with Crippen LogP contribution in [0.25, 0.3) is 10.2 Å². The number of carbonyl (C=O) groups excluding carboxylic acids is 1. The molecule has 2 aromatic carbocycles. The van der Waals surface area contributed by atoms with Gasteiger partial charge < -0.3 is 10.4 Å². The lowest BCUT2D eigenvalue weighted by Crippen LogP contribution is -2.22. The largest absolute Gasteiger partial charge is 0.508 e. The molecule has 22 heavy (non-hydrogen) atoms. The van der Waals surface area contributed by atoms with Gasteiger partial charge in [0, 0.05) is 6.54 Å². The SMILES string of the molecule is O=C(NCc1ccc(F)c(F)c1)c1nc2ccc(O)cc2s1. The Hall–Kier alpha value is -2.54. The monoisotopic (exact) mass is 320 g/mol. The number of phenols is 1. The van der Waals surface area contributed by atoms with Crippen LogP contribution in [-0.4, -0.2) is 16.0 Å². The van der Waals surface area contributed by atoms with E-state index < -0.39 is 17.5 Å². The molecule has 0 fully saturated rings. The highest BCUT2D eigenvalue weighted by Crippen LogP contribution is 2.25. The first-order valence-electron chi connectivity index (χ1n) is 6.34. The number of benzene rings is 2. The summed E-state index contributed by atoms with van der Waals surface area (Å²) in [4.78, 5) is 16.2. The molecule has 0 spiro atoms. The van der Waals surface area contributed by atoms with Gasteiger partial charge in [-0.05, 0) is 35.9 Å². The van der Waals surface area contributed by atoms with Gasteiger partial charge in [-0.3, -0.25) is 4.79 Å². The number of thiazole rings is 1. The van der Waals surface area contributed by atoms with Crippen LogP contribution in [0.15, 0.2) is 36.4 Å². The van der Waals surface area contributed by atoms with Crippen LogP contribution in [0.4, 0.5) is 8.78 Å². The lowest BCUT2D eigenvalue weighted by molar-refractivity contribution is 0.0950. The van der Waals surface area contributed by atoms with Gasteiger partial charge in [0.15, 0.2) is 16.6 Å². The fourth-order valence-electron chi connectivity index (χ4n) is 1.92. The number of nitrogens with zero attached hydrogens (tertiary/aromatic N) is 1. The zero-order chi connectivity index (χ0) is 15.7. The molecule has 3 aromatic rings. The number of nitrogens with one attached hydrogen (secondary N) is 1. The smallest absolute Gasteiger partial charge is 0.280 e. The third-order valence-corrected chi connectivity index (χ3v) is 4.02. The maximum Gasteiger partial charge on any atom is 0.280 e. The quantitative estimate of drug-likeness (QED) is 0.779. The molecule has 0 unspecified atom stereocenters. The first-order chi connectivity index (χ1) is 10.5. The maximum absolute atomic E-state index is 13.1. The Morgan fingerprint density at radius 1 is 1.18 bits per heavy atom. The van der Waals surface area contributed by atoms with Crippen molar-refractivity contribution in [1.29, 1.82) is 0 Å². The number of rotatable bonds is 3. The minimum Gasteiger partial charge on any atom is -0.508 e. The lowest BCUT2D eigenvalue weighted by Gasteiger charge is -2.03. The molecule has 0 saturated carbocycles. The molecular formula is C15H10F2N2O2S. The summed E-state index contributed by atoms with van der Waals surface area (Å²) in [5.74, 6) is -2.20. The molecule has 2 N–H and O–H groups in total. The van der Waals surface area contributed by atoms with E-state index in [1.165, 1.54) is 18.2 Å². The van der Waals surface area contributed by atoms with Crippen LogP contribution in [0.5, 0.6) is 5.75 Å². The van der Waals surface area contributed by atoms with Crippen LogP contribution in [0.1, 0.15) is 15.4 Å². The van der Waals surface area contributed by atoms with E-state index in [0.717, 1.165) is 23.5 Å². The summed E-state index contributed by atoms with van der Waals surface area (Å²) in [6.07, 6.45) is 0. The van der Waals surface area contributed by atoms with Crippen LogP contribution in [0, 0.1) is 11.6 Å². The van der Waals surface area contributed by atoms with E-state index in [1.807, 2.05) is 0 Å². The van der Waals surface area contributed by atoms with Crippen molar-refractivity contribution in [3.63, 3.8) is 0 Å². The van der Waals surface area contributed by atoms with Crippen LogP contribution in [0.3, 0.4) is 0 Å². The highest BCUT2D eigenvalue weighted by molar-refractivity contribution is 7.20. The molecule has 0 aliphatic carbocycles. The Morgan fingerprint density at radius 2 is 2.00 bits per heavy atom. The van der Waals surface area contributed by atoms with Crippen molar-refractivity contribution in [2.45, 2.75) is 6.54 Å². The van der Waals surface area contributed by atoms with Crippen LogP contribution >= 0.6 is 11.3 Å². The van der Waals surface area contributed by atoms with Gasteiger partial charge >= 0.3 is 0 Å². The van der Waals surface area contributed by atoms with Crippen molar-refractivity contribution < 1.29 is 18.7 Å². The number of fused-ring (bicyclic) bond motifs is 1. The Labute approximate surface area is 128 Å². The zero-order valence-corrected chi connectivity index (χ0v) is 12.0. The second-order valence-corrected chi connectivity index (χ2v) is 5.63. The van der Waals surface area contributed by atoms with Gasteiger partial charge in [-0.25, -0.2) is 13.8 Å². The summed E-state index contributed by atoms with van der Waals surface area (Å²) >= 11 is 1.14. The second kappa shape index (κ2) is 5.69. The highest BCUT2D eigenvalue weighted by atomic mass is 32.1. The predicted octanol–water partition coefficient (Wildman–Crippen LogP) is 3.21. The molecule has 0 bridgehead atoms. The van der Waals surface area contributed by atoms with E-state index >= 15 is 0 Å². The number of carbonyl (C=O) groups is 1. The summed E-state index contributed by atoms with van der Waals surface area (Å²) in [6.45, 7) is 0.0667. The Bertz CT molecular complexity index is 864. The second-order valence-electron chi connectivity index (χ2n) is 4.60. The molecule has 3 rings (SSSR count). The maximum atomic E-state index is 13.1. The van der Waals surface area contributed by atoms with Crippen molar-refractivity contribution in [1.82, 2.24) is 10.3 Å². The summed E-state index contributed by atoms with van der Waals surface area (Å²) in [5, 5.41) is 12.2. The number of halogens is 2. The molecule has 0 atom stereocenters. The van der Waals surface area contributed by atoms with Crippen LogP contribution in [-0.2, 0) is 6.54 Å². The molecule has 0 saturated heterocycles. The molecule has 1 aromatic heterocycles. The third-order valence-electron chi connectivity index (χ3n) is 3.00. The highest BCUT2D eigenvalue weighted by Gasteiger charge is 2.12. The van der Waals surface area contributed by atoms with Gasteiger partial charge in [0.25, 0.3) is 5.91 Å². The number of aromatic hydroxyl groups is 1. The minimum absolute atomic E-state index is 0.0667. The van der Waals surface area contributed by atoms with Crippen LogP contribution < -0.4 is 5.32 Å². The first kappa shape index (κ1) is 14.4. The number of phenolic OH excluding ortho intramolecular Hbond substituents is 1. The average molecular weight is 320 g/mol. The lowest BCUT2D eigenvalue weighted by atomic mass is 10.2. The predicted molar refractivity (Wildman–Crippen MR) is 78.8 cm³/mol.